The molecular formula is C29H22N4O5S. The van der Waals surface area contributed by atoms with Crippen LogP contribution in [-0.2, 0) is 9.59 Å². The monoisotopic (exact) mass is 538 g/mol. The zero-order chi connectivity index (χ0) is 27.4. The van der Waals surface area contributed by atoms with E-state index in [1.165, 1.54) is 22.8 Å². The Morgan fingerprint density at radius 2 is 1.54 bits per heavy atom. The van der Waals surface area contributed by atoms with Gasteiger partial charge in [0, 0.05) is 21.5 Å². The van der Waals surface area contributed by atoms with E-state index >= 15 is 0 Å². The molecular weight excluding hydrogens is 516 g/mol. The van der Waals surface area contributed by atoms with Gasteiger partial charge in [-0.2, -0.15) is 10.1 Å². The number of carboxylic acids is 1. The third-order valence-electron chi connectivity index (χ3n) is 5.92. The van der Waals surface area contributed by atoms with E-state index in [9.17, 15) is 24.3 Å². The quantitative estimate of drug-likeness (QED) is 0.292. The Balaban J connectivity index is 1.18. The van der Waals surface area contributed by atoms with Crippen molar-refractivity contribution in [2.75, 3.05) is 16.1 Å². The number of benzene rings is 4. The molecule has 39 heavy (non-hydrogen) atoms. The number of hydrogen-bond acceptors (Lipinski definition) is 6. The van der Waals surface area contributed by atoms with E-state index in [1.807, 2.05) is 6.07 Å². The lowest BCUT2D eigenvalue weighted by molar-refractivity contribution is -0.117. The van der Waals surface area contributed by atoms with E-state index in [4.69, 9.17) is 0 Å². The first-order chi connectivity index (χ1) is 18.9. The molecule has 0 saturated heterocycles. The first kappa shape index (κ1) is 25.7. The van der Waals surface area contributed by atoms with Gasteiger partial charge in [-0.1, -0.05) is 42.5 Å². The number of fused-ring (bicyclic) bond motifs is 1. The minimum Gasteiger partial charge on any atom is -0.478 e. The summed E-state index contributed by atoms with van der Waals surface area (Å²) in [5.41, 5.74) is 1.48. The molecule has 0 saturated carbocycles. The molecule has 10 heteroatoms. The molecule has 0 atom stereocenters. The highest BCUT2D eigenvalue weighted by molar-refractivity contribution is 8.00. The molecule has 0 bridgehead atoms. The van der Waals surface area contributed by atoms with Gasteiger partial charge in [-0.3, -0.25) is 14.4 Å². The summed E-state index contributed by atoms with van der Waals surface area (Å²) in [6.45, 7) is 0. The maximum atomic E-state index is 13.0. The van der Waals surface area contributed by atoms with Gasteiger partial charge in [0.05, 0.1) is 23.4 Å². The van der Waals surface area contributed by atoms with E-state index in [1.54, 1.807) is 78.9 Å². The highest BCUT2D eigenvalue weighted by atomic mass is 32.2. The highest BCUT2D eigenvalue weighted by Crippen LogP contribution is 2.26. The van der Waals surface area contributed by atoms with Crippen molar-refractivity contribution in [1.82, 2.24) is 5.32 Å². The van der Waals surface area contributed by atoms with Gasteiger partial charge in [-0.25, -0.2) is 4.79 Å². The number of carboxylic acid groups (broad SMARTS) is 1. The SMILES string of the molecule is O=C(CSc1ccc(NC(=O)c2cccc3cccc(C(=O)O)c23)cc1)NC1=NN(c2ccccc2)C(=O)C1. The average Bonchev–Trinajstić information content (AvgIpc) is 3.31. The van der Waals surface area contributed by atoms with Crippen molar-refractivity contribution < 1.29 is 24.3 Å². The molecule has 4 aromatic rings. The van der Waals surface area contributed by atoms with Crippen LogP contribution in [0, 0.1) is 0 Å². The van der Waals surface area contributed by atoms with Crippen molar-refractivity contribution >= 4 is 63.4 Å². The number of nitrogens with one attached hydrogen (secondary N) is 2. The van der Waals surface area contributed by atoms with Crippen LogP contribution < -0.4 is 15.6 Å². The first-order valence-corrected chi connectivity index (χ1v) is 12.9. The minimum absolute atomic E-state index is 0.0182. The van der Waals surface area contributed by atoms with Crippen LogP contribution in [0.25, 0.3) is 10.8 Å². The van der Waals surface area contributed by atoms with Crippen LogP contribution in [0.15, 0.2) is 101 Å². The number of hydrazone groups is 1. The summed E-state index contributed by atoms with van der Waals surface area (Å²) in [6, 6.07) is 25.9. The second-order valence-electron chi connectivity index (χ2n) is 8.59. The third kappa shape index (κ3) is 5.81. The molecule has 0 aromatic heterocycles. The summed E-state index contributed by atoms with van der Waals surface area (Å²) in [5, 5.41) is 21.6. The molecule has 194 valence electrons. The Morgan fingerprint density at radius 1 is 0.846 bits per heavy atom. The molecule has 1 aliphatic rings. The summed E-state index contributed by atoms with van der Waals surface area (Å²) in [7, 11) is 0. The van der Waals surface area contributed by atoms with Crippen molar-refractivity contribution in [3.8, 4) is 0 Å². The fourth-order valence-corrected chi connectivity index (χ4v) is 4.86. The normalized spacial score (nSPS) is 12.8. The summed E-state index contributed by atoms with van der Waals surface area (Å²) in [5.74, 6) is -1.63. The zero-order valence-electron chi connectivity index (χ0n) is 20.5. The number of aromatic carboxylic acids is 1. The topological polar surface area (TPSA) is 128 Å². The fraction of sp³-hybridized carbons (Fsp3) is 0.0690. The van der Waals surface area contributed by atoms with Gasteiger partial charge in [0.1, 0.15) is 5.84 Å². The number of carbonyl (C=O) groups is 4. The third-order valence-corrected chi connectivity index (χ3v) is 6.93. The van der Waals surface area contributed by atoms with Crippen molar-refractivity contribution in [3.05, 3.63) is 102 Å². The van der Waals surface area contributed by atoms with E-state index in [-0.39, 0.29) is 35.1 Å². The van der Waals surface area contributed by atoms with Gasteiger partial charge in [0.15, 0.2) is 0 Å². The molecule has 3 N–H and O–H groups in total. The number of rotatable bonds is 7. The summed E-state index contributed by atoms with van der Waals surface area (Å²) in [4.78, 5) is 50.2. The average molecular weight is 539 g/mol. The van der Waals surface area contributed by atoms with Crippen LogP contribution in [0.2, 0.25) is 0 Å². The van der Waals surface area contributed by atoms with E-state index in [0.717, 1.165) is 4.90 Å². The lowest BCUT2D eigenvalue weighted by atomic mass is 9.98. The van der Waals surface area contributed by atoms with E-state index in [2.05, 4.69) is 15.7 Å². The second kappa shape index (κ2) is 11.2. The van der Waals surface area contributed by atoms with Gasteiger partial charge in [0.25, 0.3) is 11.8 Å². The second-order valence-corrected chi connectivity index (χ2v) is 9.64. The predicted octanol–water partition coefficient (Wildman–Crippen LogP) is 4.75. The molecule has 3 amide bonds. The Morgan fingerprint density at radius 3 is 2.23 bits per heavy atom. The highest BCUT2D eigenvalue weighted by Gasteiger charge is 2.26. The molecule has 9 nitrogen and oxygen atoms in total. The Hall–Kier alpha value is -4.96. The smallest absolute Gasteiger partial charge is 0.336 e. The maximum Gasteiger partial charge on any atom is 0.336 e. The van der Waals surface area contributed by atoms with Crippen LogP contribution in [0.3, 0.4) is 0 Å². The minimum atomic E-state index is -1.11. The first-order valence-electron chi connectivity index (χ1n) is 11.9. The molecule has 0 radical (unpaired) electrons. The predicted molar refractivity (Wildman–Crippen MR) is 150 cm³/mol. The van der Waals surface area contributed by atoms with Crippen LogP contribution in [0.4, 0.5) is 11.4 Å². The molecule has 5 rings (SSSR count). The number of thioether (sulfide) groups is 1. The number of anilines is 2. The van der Waals surface area contributed by atoms with Crippen LogP contribution in [-0.4, -0.2) is 40.4 Å². The molecule has 0 fully saturated rings. The van der Waals surface area contributed by atoms with E-state index in [0.29, 0.717) is 28.0 Å². The summed E-state index contributed by atoms with van der Waals surface area (Å²) < 4.78 is 0. The van der Waals surface area contributed by atoms with Gasteiger partial charge in [-0.15, -0.1) is 11.8 Å². The molecule has 0 spiro atoms. The van der Waals surface area contributed by atoms with Crippen molar-refractivity contribution in [1.29, 1.82) is 0 Å². The van der Waals surface area contributed by atoms with Crippen molar-refractivity contribution in [2.24, 2.45) is 5.10 Å². The van der Waals surface area contributed by atoms with Gasteiger partial charge >= 0.3 is 5.97 Å². The number of carbonyl (C=O) groups excluding carboxylic acids is 3. The number of nitrogens with zero attached hydrogens (tertiary/aromatic N) is 2. The van der Waals surface area contributed by atoms with Crippen LogP contribution in [0.1, 0.15) is 27.1 Å². The summed E-state index contributed by atoms with van der Waals surface area (Å²) in [6.07, 6.45) is 0.0182. The zero-order valence-corrected chi connectivity index (χ0v) is 21.3. The lowest BCUT2D eigenvalue weighted by Crippen LogP contribution is -2.31. The number of amides is 3. The fourth-order valence-electron chi connectivity index (χ4n) is 4.16. The molecule has 0 aliphatic carbocycles. The standard InChI is InChI=1S/C29H22N4O5S/c34-25(31-24-16-26(35)33(32-24)20-8-2-1-3-9-20)17-39-21-14-12-19(13-15-21)30-28(36)22-10-4-6-18-7-5-11-23(27(18)22)29(37)38/h1-15H,16-17H2,(H,30,36)(H,37,38)(H,31,32,34). The molecule has 4 aromatic carbocycles. The largest absolute Gasteiger partial charge is 0.478 e. The summed E-state index contributed by atoms with van der Waals surface area (Å²) >= 11 is 1.30. The van der Waals surface area contributed by atoms with Crippen molar-refractivity contribution in [2.45, 2.75) is 11.3 Å². The maximum absolute atomic E-state index is 13.0. The Kier molecular flexibility index (Phi) is 7.37. The van der Waals surface area contributed by atoms with Gasteiger partial charge in [-0.05, 0) is 53.9 Å². The molecule has 0 unspecified atom stereocenters. The number of amidine groups is 1. The number of hydrogen-bond donors (Lipinski definition) is 3. The molecule has 1 aliphatic heterocycles. The molecule has 1 heterocycles. The Bertz CT molecular complexity index is 1620. The Labute approximate surface area is 227 Å². The van der Waals surface area contributed by atoms with Crippen molar-refractivity contribution in [3.63, 3.8) is 0 Å². The van der Waals surface area contributed by atoms with Gasteiger partial charge in [0.2, 0.25) is 5.91 Å². The van der Waals surface area contributed by atoms with Gasteiger partial charge < -0.3 is 15.7 Å². The van der Waals surface area contributed by atoms with Crippen LogP contribution >= 0.6 is 11.8 Å². The lowest BCUT2D eigenvalue weighted by Gasteiger charge is -2.11. The van der Waals surface area contributed by atoms with E-state index < -0.39 is 11.9 Å². The number of para-hydroxylation sites is 1. The van der Waals surface area contributed by atoms with Crippen LogP contribution in [0.5, 0.6) is 0 Å².